The highest BCUT2D eigenvalue weighted by Crippen LogP contribution is 2.32. The third-order valence-electron chi connectivity index (χ3n) is 6.63. The van der Waals surface area contributed by atoms with Crippen molar-refractivity contribution in [1.29, 1.82) is 0 Å². The van der Waals surface area contributed by atoms with Crippen molar-refractivity contribution in [2.45, 2.75) is 45.1 Å². The van der Waals surface area contributed by atoms with Gasteiger partial charge in [0.2, 0.25) is 5.91 Å². The molecule has 0 saturated carbocycles. The lowest BCUT2D eigenvalue weighted by atomic mass is 9.97. The van der Waals surface area contributed by atoms with Gasteiger partial charge in [0.25, 0.3) is 0 Å². The summed E-state index contributed by atoms with van der Waals surface area (Å²) in [6, 6.07) is 5.38. The molecule has 1 N–H and O–H groups in total. The fourth-order valence-electron chi connectivity index (χ4n) is 4.89. The van der Waals surface area contributed by atoms with Gasteiger partial charge in [-0.15, -0.1) is 0 Å². The first-order chi connectivity index (χ1) is 16.2. The van der Waals surface area contributed by atoms with Crippen LogP contribution in [-0.4, -0.2) is 52.7 Å². The quantitative estimate of drug-likeness (QED) is 0.636. The van der Waals surface area contributed by atoms with E-state index in [-0.39, 0.29) is 11.8 Å². The van der Waals surface area contributed by atoms with E-state index in [2.05, 4.69) is 24.8 Å². The van der Waals surface area contributed by atoms with Gasteiger partial charge in [0.05, 0.1) is 25.8 Å². The Bertz CT molecular complexity index is 1160. The zero-order valence-corrected chi connectivity index (χ0v) is 19.2. The molecule has 5 rings (SSSR count). The van der Waals surface area contributed by atoms with Crippen LogP contribution in [0.15, 0.2) is 24.5 Å². The second kappa shape index (κ2) is 9.25. The normalized spacial score (nSPS) is 18.5. The van der Waals surface area contributed by atoms with Crippen molar-refractivity contribution in [2.24, 2.45) is 5.92 Å². The molecule has 4 heterocycles. The van der Waals surface area contributed by atoms with Crippen LogP contribution >= 0.6 is 0 Å². The van der Waals surface area contributed by atoms with Crippen LogP contribution < -0.4 is 19.7 Å². The van der Waals surface area contributed by atoms with E-state index in [9.17, 15) is 4.79 Å². The molecule has 1 aromatic carbocycles. The summed E-state index contributed by atoms with van der Waals surface area (Å²) in [6.07, 6.45) is 7.87. The first-order valence-corrected chi connectivity index (χ1v) is 11.7. The molecule has 0 unspecified atom stereocenters. The van der Waals surface area contributed by atoms with Gasteiger partial charge in [0, 0.05) is 32.1 Å². The molecule has 0 spiro atoms. The summed E-state index contributed by atoms with van der Waals surface area (Å²) in [7, 11) is 3.19. The first kappa shape index (κ1) is 21.5. The number of nitrogens with one attached hydrogen (secondary N) is 1. The standard InChI is InChI=1S/C24H30N6O3/c1-32-17-9-10-19(33-2)18(13-17)27-24(31)16-7-6-11-29(14-16)22-21-23(26-15-25-22)30-12-5-3-4-8-20(30)28-21/h9-10,13,15-16H,3-8,11-12,14H2,1-2H3,(H,27,31)/t16-/m1/s1. The van der Waals surface area contributed by atoms with Gasteiger partial charge >= 0.3 is 0 Å². The lowest BCUT2D eigenvalue weighted by Crippen LogP contribution is -2.41. The molecule has 1 amide bonds. The molecule has 0 aliphatic carbocycles. The number of carbonyl (C=O) groups excluding carboxylic acids is 1. The number of fused-ring (bicyclic) bond motifs is 3. The molecule has 0 bridgehead atoms. The maximum Gasteiger partial charge on any atom is 0.229 e. The first-order valence-electron chi connectivity index (χ1n) is 11.7. The van der Waals surface area contributed by atoms with E-state index >= 15 is 0 Å². The lowest BCUT2D eigenvalue weighted by Gasteiger charge is -2.32. The molecule has 174 valence electrons. The number of hydrogen-bond donors (Lipinski definition) is 1. The Balaban J connectivity index is 1.37. The third kappa shape index (κ3) is 4.19. The number of aromatic nitrogens is 4. The van der Waals surface area contributed by atoms with E-state index in [1.807, 2.05) is 6.07 Å². The van der Waals surface area contributed by atoms with Crippen molar-refractivity contribution in [3.63, 3.8) is 0 Å². The average molecular weight is 451 g/mol. The Labute approximate surface area is 193 Å². The lowest BCUT2D eigenvalue weighted by molar-refractivity contribution is -0.120. The van der Waals surface area contributed by atoms with Gasteiger partial charge in [-0.25, -0.2) is 15.0 Å². The van der Waals surface area contributed by atoms with E-state index in [0.29, 0.717) is 23.7 Å². The number of nitrogens with zero attached hydrogens (tertiary/aromatic N) is 5. The molecule has 2 aliphatic rings. The monoisotopic (exact) mass is 450 g/mol. The van der Waals surface area contributed by atoms with E-state index in [1.165, 1.54) is 6.42 Å². The van der Waals surface area contributed by atoms with Crippen LogP contribution in [0.2, 0.25) is 0 Å². The number of ether oxygens (including phenoxy) is 2. The Hall–Kier alpha value is -3.36. The second-order valence-corrected chi connectivity index (χ2v) is 8.70. The molecule has 1 saturated heterocycles. The minimum absolute atomic E-state index is 0.0304. The molecule has 2 aromatic heterocycles. The van der Waals surface area contributed by atoms with Gasteiger partial charge in [0.1, 0.15) is 23.7 Å². The van der Waals surface area contributed by atoms with E-state index < -0.39 is 0 Å². The highest BCUT2D eigenvalue weighted by atomic mass is 16.5. The molecule has 1 fully saturated rings. The summed E-state index contributed by atoms with van der Waals surface area (Å²) in [4.78, 5) is 29.5. The maximum atomic E-state index is 13.2. The largest absolute Gasteiger partial charge is 0.497 e. The molecule has 1 atom stereocenters. The molecule has 9 nitrogen and oxygen atoms in total. The Kier molecular flexibility index (Phi) is 6.02. The van der Waals surface area contributed by atoms with Crippen molar-refractivity contribution in [1.82, 2.24) is 19.5 Å². The van der Waals surface area contributed by atoms with Crippen LogP contribution in [0.4, 0.5) is 11.5 Å². The van der Waals surface area contributed by atoms with Gasteiger partial charge in [-0.05, 0) is 37.8 Å². The van der Waals surface area contributed by atoms with Crippen molar-refractivity contribution in [3.8, 4) is 11.5 Å². The predicted molar refractivity (Wildman–Crippen MR) is 126 cm³/mol. The Morgan fingerprint density at radius 1 is 1.09 bits per heavy atom. The Morgan fingerprint density at radius 2 is 2.00 bits per heavy atom. The number of aryl methyl sites for hydroxylation is 2. The number of anilines is 2. The van der Waals surface area contributed by atoms with Crippen LogP contribution in [0, 0.1) is 5.92 Å². The van der Waals surface area contributed by atoms with Gasteiger partial charge < -0.3 is 24.3 Å². The summed E-state index contributed by atoms with van der Waals surface area (Å²) < 4.78 is 13.0. The highest BCUT2D eigenvalue weighted by molar-refractivity contribution is 5.95. The van der Waals surface area contributed by atoms with E-state index in [0.717, 1.165) is 68.0 Å². The zero-order chi connectivity index (χ0) is 22.8. The molecule has 9 heteroatoms. The van der Waals surface area contributed by atoms with E-state index in [4.69, 9.17) is 14.5 Å². The summed E-state index contributed by atoms with van der Waals surface area (Å²) in [5.41, 5.74) is 2.37. The third-order valence-corrected chi connectivity index (χ3v) is 6.63. The second-order valence-electron chi connectivity index (χ2n) is 8.70. The van der Waals surface area contributed by atoms with Crippen molar-refractivity contribution in [2.75, 3.05) is 37.5 Å². The number of rotatable bonds is 5. The topological polar surface area (TPSA) is 94.4 Å². The minimum atomic E-state index is -0.167. The van der Waals surface area contributed by atoms with Crippen molar-refractivity contribution in [3.05, 3.63) is 30.4 Å². The SMILES string of the molecule is COc1ccc(OC)c(NC(=O)[C@@H]2CCCN(c3ncnc4c3nc3n4CCCCC3)C2)c1. The maximum absolute atomic E-state index is 13.2. The highest BCUT2D eigenvalue weighted by Gasteiger charge is 2.29. The summed E-state index contributed by atoms with van der Waals surface area (Å²) in [5, 5.41) is 3.04. The van der Waals surface area contributed by atoms with Gasteiger partial charge in [-0.1, -0.05) is 6.42 Å². The molecule has 33 heavy (non-hydrogen) atoms. The predicted octanol–water partition coefficient (Wildman–Crippen LogP) is 3.43. The fourth-order valence-corrected chi connectivity index (χ4v) is 4.89. The summed E-state index contributed by atoms with van der Waals surface area (Å²) in [5.74, 6) is 3.00. The van der Waals surface area contributed by atoms with Gasteiger partial charge in [0.15, 0.2) is 17.0 Å². The van der Waals surface area contributed by atoms with E-state index in [1.54, 1.807) is 32.7 Å². The number of piperidine rings is 1. The minimum Gasteiger partial charge on any atom is -0.497 e. The van der Waals surface area contributed by atoms with Crippen molar-refractivity contribution >= 4 is 28.6 Å². The number of imidazole rings is 1. The fraction of sp³-hybridized carbons (Fsp3) is 0.500. The summed E-state index contributed by atoms with van der Waals surface area (Å²) in [6.45, 7) is 2.39. The number of carbonyl (C=O) groups is 1. The molecule has 2 aliphatic heterocycles. The zero-order valence-electron chi connectivity index (χ0n) is 19.2. The molecule has 0 radical (unpaired) electrons. The van der Waals surface area contributed by atoms with Crippen LogP contribution in [0.1, 0.15) is 37.9 Å². The van der Waals surface area contributed by atoms with Crippen LogP contribution in [0.25, 0.3) is 11.2 Å². The molecular weight excluding hydrogens is 420 g/mol. The number of methoxy groups -OCH3 is 2. The number of hydrogen-bond acceptors (Lipinski definition) is 7. The number of amides is 1. The average Bonchev–Trinajstić information content (AvgIpc) is 3.04. The smallest absolute Gasteiger partial charge is 0.229 e. The Morgan fingerprint density at radius 3 is 2.85 bits per heavy atom. The summed E-state index contributed by atoms with van der Waals surface area (Å²) >= 11 is 0. The van der Waals surface area contributed by atoms with Gasteiger partial charge in [-0.2, -0.15) is 0 Å². The van der Waals surface area contributed by atoms with Crippen molar-refractivity contribution < 1.29 is 14.3 Å². The van der Waals surface area contributed by atoms with Crippen LogP contribution in [0.3, 0.4) is 0 Å². The van der Waals surface area contributed by atoms with Crippen LogP contribution in [0.5, 0.6) is 11.5 Å². The molecular formula is C24H30N6O3. The van der Waals surface area contributed by atoms with Crippen LogP contribution in [-0.2, 0) is 17.8 Å². The molecule has 3 aromatic rings. The van der Waals surface area contributed by atoms with Gasteiger partial charge in [-0.3, -0.25) is 4.79 Å². The number of benzene rings is 1.